The van der Waals surface area contributed by atoms with E-state index in [1.165, 1.54) is 10.9 Å². The van der Waals surface area contributed by atoms with Gasteiger partial charge in [0.05, 0.1) is 11.0 Å². The summed E-state index contributed by atoms with van der Waals surface area (Å²) in [7, 11) is 0. The van der Waals surface area contributed by atoms with Crippen molar-refractivity contribution < 1.29 is 18.8 Å². The highest BCUT2D eigenvalue weighted by atomic mass is 19.1. The van der Waals surface area contributed by atoms with Crippen LogP contribution in [0.5, 0.6) is 0 Å². The molecule has 2 atom stereocenters. The van der Waals surface area contributed by atoms with Crippen LogP contribution in [0.4, 0.5) is 10.1 Å². The van der Waals surface area contributed by atoms with E-state index in [0.29, 0.717) is 25.1 Å². The summed E-state index contributed by atoms with van der Waals surface area (Å²) in [6.07, 6.45) is 0.866. The minimum Gasteiger partial charge on any atom is -0.462 e. The van der Waals surface area contributed by atoms with Crippen LogP contribution in [0.2, 0.25) is 0 Å². The van der Waals surface area contributed by atoms with Crippen molar-refractivity contribution >= 4 is 12.2 Å². The molecule has 1 aromatic rings. The molecule has 0 aromatic carbocycles. The average Bonchev–Trinajstić information content (AvgIpc) is 2.80. The normalized spacial score (nSPS) is 21.1. The number of nitrogens with one attached hydrogen (secondary N) is 1. The molecule has 0 bridgehead atoms. The van der Waals surface area contributed by atoms with Crippen LogP contribution in [0.1, 0.15) is 38.9 Å². The number of nitrogens with zero attached hydrogens (tertiary/aromatic N) is 3. The van der Waals surface area contributed by atoms with Crippen LogP contribution < -0.4 is 5.32 Å². The molecular formula is C14H23FN4O4. The van der Waals surface area contributed by atoms with Crippen molar-refractivity contribution in [3.63, 3.8) is 0 Å². The maximum Gasteiger partial charge on any atom is 0.309 e. The van der Waals surface area contributed by atoms with E-state index in [-0.39, 0.29) is 17.8 Å². The first-order valence-corrected chi connectivity index (χ1v) is 7.32. The number of aromatic nitrogens is 2. The molecule has 0 amide bonds. The molecule has 1 aliphatic heterocycles. The number of carbonyl (C=O) groups excluding carboxylic acids is 1. The fourth-order valence-corrected chi connectivity index (χ4v) is 2.07. The van der Waals surface area contributed by atoms with E-state index >= 15 is 0 Å². The zero-order valence-corrected chi connectivity index (χ0v) is 13.8. The standard InChI is InChI=1S/C9H13FN4O2.C5H10O2/c1-6-9(14(15)16)5-13(12-6)8-2-3-11-4-7(8)10;1-5(2,3)7-4-6/h5,7-8,11H,2-4H2,1H3;4H,1-3H3. The van der Waals surface area contributed by atoms with Crippen LogP contribution in [-0.2, 0) is 9.53 Å². The lowest BCUT2D eigenvalue weighted by Gasteiger charge is -2.26. The van der Waals surface area contributed by atoms with Gasteiger partial charge in [-0.3, -0.25) is 19.6 Å². The first-order chi connectivity index (χ1) is 10.7. The van der Waals surface area contributed by atoms with Gasteiger partial charge in [-0.15, -0.1) is 0 Å². The van der Waals surface area contributed by atoms with Gasteiger partial charge in [0.2, 0.25) is 0 Å². The highest BCUT2D eigenvalue weighted by molar-refractivity contribution is 5.37. The number of aryl methyl sites for hydroxylation is 1. The molecule has 0 radical (unpaired) electrons. The van der Waals surface area contributed by atoms with Crippen LogP contribution in [0.3, 0.4) is 0 Å². The predicted octanol–water partition coefficient (Wildman–Crippen LogP) is 1.93. The number of piperidine rings is 1. The van der Waals surface area contributed by atoms with Gasteiger partial charge in [-0.1, -0.05) is 0 Å². The molecule has 0 aliphatic carbocycles. The zero-order chi connectivity index (χ0) is 17.6. The summed E-state index contributed by atoms with van der Waals surface area (Å²) >= 11 is 0. The minimum atomic E-state index is -1.05. The van der Waals surface area contributed by atoms with Gasteiger partial charge in [0.1, 0.15) is 23.7 Å². The van der Waals surface area contributed by atoms with Crippen LogP contribution in [0, 0.1) is 17.0 Å². The number of halogens is 1. The molecular weight excluding hydrogens is 307 g/mol. The van der Waals surface area contributed by atoms with Crippen molar-refractivity contribution in [2.75, 3.05) is 13.1 Å². The summed E-state index contributed by atoms with van der Waals surface area (Å²) in [5.74, 6) is 0. The van der Waals surface area contributed by atoms with Gasteiger partial charge in [-0.2, -0.15) is 5.10 Å². The highest BCUT2D eigenvalue weighted by Crippen LogP contribution is 2.25. The predicted molar refractivity (Wildman–Crippen MR) is 81.9 cm³/mol. The van der Waals surface area contributed by atoms with Gasteiger partial charge in [-0.05, 0) is 40.7 Å². The summed E-state index contributed by atoms with van der Waals surface area (Å²) < 4.78 is 19.5. The first-order valence-electron chi connectivity index (χ1n) is 7.32. The summed E-state index contributed by atoms with van der Waals surface area (Å²) in [4.78, 5) is 19.8. The third-order valence-electron chi connectivity index (χ3n) is 3.20. The second-order valence-corrected chi connectivity index (χ2v) is 6.24. The quantitative estimate of drug-likeness (QED) is 0.516. The molecule has 23 heavy (non-hydrogen) atoms. The second kappa shape index (κ2) is 8.00. The lowest BCUT2D eigenvalue weighted by atomic mass is 10.1. The van der Waals surface area contributed by atoms with Crippen molar-refractivity contribution in [2.24, 2.45) is 0 Å². The summed E-state index contributed by atoms with van der Waals surface area (Å²) in [5, 5.41) is 17.6. The van der Waals surface area contributed by atoms with Crippen molar-refractivity contribution in [1.29, 1.82) is 0 Å². The summed E-state index contributed by atoms with van der Waals surface area (Å²) in [5.41, 5.74) is -0.0386. The van der Waals surface area contributed by atoms with Gasteiger partial charge in [0.25, 0.3) is 6.47 Å². The Morgan fingerprint density at radius 1 is 1.57 bits per heavy atom. The Morgan fingerprint density at radius 3 is 2.61 bits per heavy atom. The third-order valence-corrected chi connectivity index (χ3v) is 3.20. The van der Waals surface area contributed by atoms with Crippen molar-refractivity contribution in [1.82, 2.24) is 15.1 Å². The van der Waals surface area contributed by atoms with Gasteiger partial charge in [-0.25, -0.2) is 4.39 Å². The number of hydrogen-bond acceptors (Lipinski definition) is 6. The summed E-state index contributed by atoms with van der Waals surface area (Å²) in [6.45, 7) is 8.46. The first kappa shape index (κ1) is 19.0. The van der Waals surface area contributed by atoms with Crippen LogP contribution in [0.25, 0.3) is 0 Å². The Bertz CT molecular complexity index is 541. The Balaban J connectivity index is 0.000000322. The van der Waals surface area contributed by atoms with E-state index in [0.717, 1.165) is 0 Å². The highest BCUT2D eigenvalue weighted by Gasteiger charge is 2.29. The molecule has 2 unspecified atom stereocenters. The van der Waals surface area contributed by atoms with Crippen LogP contribution in [-0.4, -0.2) is 46.0 Å². The molecule has 1 aliphatic rings. The maximum atomic E-state index is 13.6. The molecule has 2 heterocycles. The SMILES string of the molecule is CC(C)(C)OC=O.Cc1nn(C2CCNCC2F)cc1[N+](=O)[O-]. The smallest absolute Gasteiger partial charge is 0.309 e. The molecule has 130 valence electrons. The topological polar surface area (TPSA) is 99.3 Å². The largest absolute Gasteiger partial charge is 0.462 e. The van der Waals surface area contributed by atoms with E-state index in [2.05, 4.69) is 15.2 Å². The van der Waals surface area contributed by atoms with E-state index in [1.54, 1.807) is 6.92 Å². The third kappa shape index (κ3) is 5.93. The van der Waals surface area contributed by atoms with Crippen molar-refractivity contribution in [3.8, 4) is 0 Å². The van der Waals surface area contributed by atoms with Crippen LogP contribution in [0.15, 0.2) is 6.20 Å². The maximum absolute atomic E-state index is 13.6. The Kier molecular flexibility index (Phi) is 6.62. The van der Waals surface area contributed by atoms with Gasteiger partial charge in [0, 0.05) is 6.54 Å². The van der Waals surface area contributed by atoms with E-state index in [4.69, 9.17) is 0 Å². The molecule has 1 N–H and O–H groups in total. The fraction of sp³-hybridized carbons (Fsp3) is 0.714. The monoisotopic (exact) mass is 330 g/mol. The number of rotatable bonds is 3. The molecule has 1 fully saturated rings. The molecule has 9 heteroatoms. The lowest BCUT2D eigenvalue weighted by Crippen LogP contribution is -2.39. The average molecular weight is 330 g/mol. The Labute approximate surface area is 134 Å². The van der Waals surface area contributed by atoms with E-state index in [9.17, 15) is 19.3 Å². The van der Waals surface area contributed by atoms with Gasteiger partial charge < -0.3 is 10.1 Å². The number of nitro groups is 1. The van der Waals surface area contributed by atoms with Gasteiger partial charge in [0.15, 0.2) is 0 Å². The fourth-order valence-electron chi connectivity index (χ4n) is 2.07. The Morgan fingerprint density at radius 2 is 2.22 bits per heavy atom. The molecule has 0 spiro atoms. The molecule has 8 nitrogen and oxygen atoms in total. The molecule has 2 rings (SSSR count). The Hall–Kier alpha value is -2.03. The minimum absolute atomic E-state index is 0.0502. The summed E-state index contributed by atoms with van der Waals surface area (Å²) in [6, 6.07) is -0.395. The van der Waals surface area contributed by atoms with Crippen LogP contribution >= 0.6 is 0 Å². The number of hydrogen-bond donors (Lipinski definition) is 1. The number of alkyl halides is 1. The number of ether oxygens (including phenoxy) is 1. The second-order valence-electron chi connectivity index (χ2n) is 6.24. The van der Waals surface area contributed by atoms with E-state index in [1.807, 2.05) is 20.8 Å². The van der Waals surface area contributed by atoms with Gasteiger partial charge >= 0.3 is 5.69 Å². The number of carbonyl (C=O) groups is 1. The zero-order valence-electron chi connectivity index (χ0n) is 13.8. The van der Waals surface area contributed by atoms with E-state index < -0.39 is 17.1 Å². The van der Waals surface area contributed by atoms with Crippen molar-refractivity contribution in [3.05, 3.63) is 22.0 Å². The lowest BCUT2D eigenvalue weighted by molar-refractivity contribution is -0.385. The molecule has 1 aromatic heterocycles. The molecule has 0 saturated carbocycles. The molecule has 1 saturated heterocycles. The van der Waals surface area contributed by atoms with Crippen molar-refractivity contribution in [2.45, 2.75) is 51.9 Å².